The average Bonchev–Trinajstić information content (AvgIpc) is 2.17. The normalized spacial score (nSPS) is 11.8. The lowest BCUT2D eigenvalue weighted by Gasteiger charge is -2.07. The van der Waals surface area contributed by atoms with Crippen molar-refractivity contribution in [2.24, 2.45) is 0 Å². The molecule has 0 amide bonds. The van der Waals surface area contributed by atoms with Crippen LogP contribution >= 0.6 is 0 Å². The molecule has 0 saturated carbocycles. The van der Waals surface area contributed by atoms with Gasteiger partial charge in [-0.2, -0.15) is 13.2 Å². The summed E-state index contributed by atoms with van der Waals surface area (Å²) in [5.41, 5.74) is 0.404. The van der Waals surface area contributed by atoms with Crippen LogP contribution in [0.15, 0.2) is 18.2 Å². The third-order valence-corrected chi connectivity index (χ3v) is 1.90. The Kier molecular flexibility index (Phi) is 4.23. The Hall–Kier alpha value is -1.17. The lowest BCUT2D eigenvalue weighted by atomic mass is 10.2. The van der Waals surface area contributed by atoms with E-state index in [0.29, 0.717) is 5.56 Å². The van der Waals surface area contributed by atoms with Gasteiger partial charge in [0.2, 0.25) is 0 Å². The minimum atomic E-state index is -4.21. The molecular formula is C10H10F5N. The fourth-order valence-corrected chi connectivity index (χ4v) is 1.11. The summed E-state index contributed by atoms with van der Waals surface area (Å²) >= 11 is 0. The number of benzene rings is 1. The van der Waals surface area contributed by atoms with Crippen molar-refractivity contribution in [3.05, 3.63) is 35.4 Å². The van der Waals surface area contributed by atoms with Crippen LogP contribution in [0.4, 0.5) is 22.0 Å². The molecule has 1 aromatic rings. The first-order chi connectivity index (χ1) is 7.38. The van der Waals surface area contributed by atoms with E-state index in [1.54, 1.807) is 0 Å². The number of rotatable bonds is 4. The monoisotopic (exact) mass is 239 g/mol. The second-order valence-corrected chi connectivity index (χ2v) is 3.29. The van der Waals surface area contributed by atoms with E-state index in [4.69, 9.17) is 0 Å². The van der Waals surface area contributed by atoms with E-state index in [1.807, 2.05) is 0 Å². The third-order valence-electron chi connectivity index (χ3n) is 1.90. The molecule has 16 heavy (non-hydrogen) atoms. The maximum Gasteiger partial charge on any atom is 0.390 e. The molecule has 90 valence electrons. The zero-order valence-electron chi connectivity index (χ0n) is 8.24. The van der Waals surface area contributed by atoms with Crippen LogP contribution in [-0.2, 0) is 6.54 Å². The number of hydrogen-bond donors (Lipinski definition) is 1. The highest BCUT2D eigenvalue weighted by Gasteiger charge is 2.25. The highest BCUT2D eigenvalue weighted by molar-refractivity contribution is 5.17. The summed E-state index contributed by atoms with van der Waals surface area (Å²) in [5, 5.41) is 2.50. The van der Waals surface area contributed by atoms with Crippen molar-refractivity contribution in [2.75, 3.05) is 6.54 Å². The van der Waals surface area contributed by atoms with Gasteiger partial charge in [0, 0.05) is 13.1 Å². The highest BCUT2D eigenvalue weighted by Crippen LogP contribution is 2.18. The van der Waals surface area contributed by atoms with Gasteiger partial charge in [-0.1, -0.05) is 6.07 Å². The van der Waals surface area contributed by atoms with Crippen LogP contribution in [0.3, 0.4) is 0 Å². The first-order valence-electron chi connectivity index (χ1n) is 4.60. The van der Waals surface area contributed by atoms with Gasteiger partial charge in [0.25, 0.3) is 0 Å². The van der Waals surface area contributed by atoms with Crippen LogP contribution in [0.2, 0.25) is 0 Å². The number of hydrogen-bond acceptors (Lipinski definition) is 1. The van der Waals surface area contributed by atoms with Gasteiger partial charge >= 0.3 is 6.18 Å². The van der Waals surface area contributed by atoms with Gasteiger partial charge in [-0.25, -0.2) is 8.78 Å². The Balaban J connectivity index is 2.35. The van der Waals surface area contributed by atoms with E-state index in [2.05, 4.69) is 5.32 Å². The van der Waals surface area contributed by atoms with Gasteiger partial charge < -0.3 is 5.32 Å². The molecule has 0 radical (unpaired) electrons. The third kappa shape index (κ3) is 4.57. The second kappa shape index (κ2) is 5.25. The van der Waals surface area contributed by atoms with E-state index >= 15 is 0 Å². The Morgan fingerprint density at radius 3 is 2.31 bits per heavy atom. The van der Waals surface area contributed by atoms with Crippen molar-refractivity contribution < 1.29 is 22.0 Å². The van der Waals surface area contributed by atoms with E-state index < -0.39 is 24.2 Å². The van der Waals surface area contributed by atoms with Crippen molar-refractivity contribution in [3.8, 4) is 0 Å². The van der Waals surface area contributed by atoms with Crippen LogP contribution in [0.25, 0.3) is 0 Å². The smallest absolute Gasteiger partial charge is 0.312 e. The molecule has 1 rings (SSSR count). The number of nitrogens with one attached hydrogen (secondary N) is 1. The molecule has 1 nitrogen and oxygen atoms in total. The summed E-state index contributed by atoms with van der Waals surface area (Å²) < 4.78 is 60.4. The molecule has 1 aromatic carbocycles. The fraction of sp³-hybridized carbons (Fsp3) is 0.400. The molecule has 0 aliphatic rings. The van der Waals surface area contributed by atoms with Crippen molar-refractivity contribution in [1.29, 1.82) is 0 Å². The molecular weight excluding hydrogens is 229 g/mol. The van der Waals surface area contributed by atoms with Gasteiger partial charge in [0.05, 0.1) is 6.42 Å². The molecule has 0 bridgehead atoms. The summed E-state index contributed by atoms with van der Waals surface area (Å²) in [6.45, 7) is -0.171. The molecule has 0 unspecified atom stereocenters. The van der Waals surface area contributed by atoms with Gasteiger partial charge in [-0.05, 0) is 17.7 Å². The van der Waals surface area contributed by atoms with Gasteiger partial charge in [-0.15, -0.1) is 0 Å². The number of alkyl halides is 3. The Morgan fingerprint density at radius 2 is 1.75 bits per heavy atom. The zero-order chi connectivity index (χ0) is 12.2. The van der Waals surface area contributed by atoms with Crippen molar-refractivity contribution in [3.63, 3.8) is 0 Å². The lowest BCUT2D eigenvalue weighted by molar-refractivity contribution is -0.133. The van der Waals surface area contributed by atoms with Crippen LogP contribution < -0.4 is 5.32 Å². The van der Waals surface area contributed by atoms with Gasteiger partial charge in [0.1, 0.15) is 0 Å². The van der Waals surface area contributed by atoms with Gasteiger partial charge in [0.15, 0.2) is 11.6 Å². The van der Waals surface area contributed by atoms with E-state index in [0.717, 1.165) is 12.1 Å². The van der Waals surface area contributed by atoms with E-state index in [-0.39, 0.29) is 13.1 Å². The molecule has 0 saturated heterocycles. The second-order valence-electron chi connectivity index (χ2n) is 3.29. The molecule has 0 heterocycles. The predicted molar refractivity (Wildman–Crippen MR) is 48.7 cm³/mol. The maximum atomic E-state index is 12.7. The van der Waals surface area contributed by atoms with Crippen molar-refractivity contribution in [1.82, 2.24) is 5.32 Å². The van der Waals surface area contributed by atoms with Gasteiger partial charge in [-0.3, -0.25) is 0 Å². The Bertz CT molecular complexity index is 348. The molecule has 1 N–H and O–H groups in total. The topological polar surface area (TPSA) is 12.0 Å². The summed E-state index contributed by atoms with van der Waals surface area (Å²) in [5.74, 6) is -1.98. The number of halogens is 5. The first-order valence-corrected chi connectivity index (χ1v) is 4.60. The molecule has 0 aliphatic heterocycles. The summed E-state index contributed by atoms with van der Waals surface area (Å²) in [6, 6.07) is 3.21. The van der Waals surface area contributed by atoms with Crippen molar-refractivity contribution >= 4 is 0 Å². The fourth-order valence-electron chi connectivity index (χ4n) is 1.11. The average molecular weight is 239 g/mol. The predicted octanol–water partition coefficient (Wildman–Crippen LogP) is 3.01. The van der Waals surface area contributed by atoms with Crippen molar-refractivity contribution in [2.45, 2.75) is 19.1 Å². The molecule has 0 spiro atoms. The molecule has 0 aliphatic carbocycles. The van der Waals surface area contributed by atoms with E-state index in [9.17, 15) is 22.0 Å². The van der Waals surface area contributed by atoms with Crippen LogP contribution in [-0.4, -0.2) is 12.7 Å². The minimum Gasteiger partial charge on any atom is -0.312 e. The molecule has 6 heteroatoms. The first kappa shape index (κ1) is 12.9. The largest absolute Gasteiger partial charge is 0.390 e. The molecule has 0 fully saturated rings. The summed E-state index contributed by atoms with van der Waals surface area (Å²) in [7, 11) is 0. The van der Waals surface area contributed by atoms with Crippen LogP contribution in [0.1, 0.15) is 12.0 Å². The Labute approximate surface area is 89.3 Å². The molecule has 0 aromatic heterocycles. The highest BCUT2D eigenvalue weighted by atomic mass is 19.4. The maximum absolute atomic E-state index is 12.7. The quantitative estimate of drug-likeness (QED) is 0.629. The summed E-state index contributed by atoms with van der Waals surface area (Å²) in [4.78, 5) is 0. The van der Waals surface area contributed by atoms with Crippen LogP contribution in [0, 0.1) is 11.6 Å². The standard InChI is InChI=1S/C10H10F5N/c11-8-2-1-7(5-9(8)12)6-16-4-3-10(13,14)15/h1-2,5,16H,3-4,6H2. The SMILES string of the molecule is Fc1ccc(CNCCC(F)(F)F)cc1F. The lowest BCUT2D eigenvalue weighted by Crippen LogP contribution is -2.21. The van der Waals surface area contributed by atoms with E-state index in [1.165, 1.54) is 6.07 Å². The van der Waals surface area contributed by atoms with Crippen LogP contribution in [0.5, 0.6) is 0 Å². The summed E-state index contributed by atoms with van der Waals surface area (Å²) in [6.07, 6.45) is -5.16. The minimum absolute atomic E-state index is 0.0767. The molecule has 0 atom stereocenters. The zero-order valence-corrected chi connectivity index (χ0v) is 8.24. The Morgan fingerprint density at radius 1 is 1.06 bits per heavy atom.